The summed E-state index contributed by atoms with van der Waals surface area (Å²) in [6.07, 6.45) is 0. The number of rotatable bonds is 2. The van der Waals surface area contributed by atoms with Gasteiger partial charge in [0.2, 0.25) is 4.80 Å². The minimum atomic E-state index is -1.59. The monoisotopic (exact) mass is 252 g/mol. The third kappa shape index (κ3) is 2.36. The number of para-hydroxylation sites is 1. The highest BCUT2D eigenvalue weighted by Gasteiger charge is 2.16. The average molecular weight is 252 g/mol. The lowest BCUT2D eigenvalue weighted by Crippen LogP contribution is -2.24. The molecule has 2 rings (SSSR count). The van der Waals surface area contributed by atoms with Crippen molar-refractivity contribution < 1.29 is 4.53 Å². The van der Waals surface area contributed by atoms with Crippen LogP contribution < -0.4 is 4.80 Å². The molecule has 0 radical (unpaired) electrons. The molecule has 86 valence electrons. The van der Waals surface area contributed by atoms with E-state index in [2.05, 4.69) is 41.5 Å². The predicted molar refractivity (Wildman–Crippen MR) is 70.8 cm³/mol. The zero-order valence-electron chi connectivity index (χ0n) is 10.0. The fraction of sp³-hybridized carbons (Fsp3) is 0.364. The van der Waals surface area contributed by atoms with E-state index in [4.69, 9.17) is 4.53 Å². The number of thiazole rings is 1. The van der Waals surface area contributed by atoms with Crippen LogP contribution in [0.3, 0.4) is 0 Å². The Morgan fingerprint density at radius 2 is 1.94 bits per heavy atom. The van der Waals surface area contributed by atoms with Gasteiger partial charge in [0, 0.05) is 7.05 Å². The second-order valence-corrected chi connectivity index (χ2v) is 10.1. The molecule has 16 heavy (non-hydrogen) atoms. The van der Waals surface area contributed by atoms with Crippen molar-refractivity contribution in [2.45, 2.75) is 19.6 Å². The zero-order valence-corrected chi connectivity index (χ0v) is 11.8. The molecule has 0 spiro atoms. The third-order valence-electron chi connectivity index (χ3n) is 2.11. The first-order valence-electron chi connectivity index (χ1n) is 5.24. The first kappa shape index (κ1) is 11.4. The topological polar surface area (TPSA) is 26.5 Å². The molecule has 1 heterocycles. The van der Waals surface area contributed by atoms with Gasteiger partial charge < -0.3 is 9.09 Å². The Bertz CT molecular complexity index is 565. The SMILES string of the molecule is Cn1c(=NO[Si](C)(C)C)sc2ccccc21. The molecule has 0 aliphatic rings. The van der Waals surface area contributed by atoms with Crippen molar-refractivity contribution in [1.82, 2.24) is 4.57 Å². The van der Waals surface area contributed by atoms with E-state index in [0.29, 0.717) is 0 Å². The van der Waals surface area contributed by atoms with Gasteiger partial charge in [-0.3, -0.25) is 0 Å². The van der Waals surface area contributed by atoms with Crippen molar-refractivity contribution >= 4 is 29.9 Å². The van der Waals surface area contributed by atoms with Gasteiger partial charge in [-0.2, -0.15) is 0 Å². The molecular weight excluding hydrogens is 236 g/mol. The molecule has 0 aliphatic carbocycles. The summed E-state index contributed by atoms with van der Waals surface area (Å²) in [6.45, 7) is 6.39. The van der Waals surface area contributed by atoms with Crippen LogP contribution in [0.5, 0.6) is 0 Å². The van der Waals surface area contributed by atoms with Gasteiger partial charge in [0.15, 0.2) is 0 Å². The molecule has 2 aromatic rings. The number of aromatic nitrogens is 1. The number of fused-ring (bicyclic) bond motifs is 1. The normalized spacial score (nSPS) is 13.4. The van der Waals surface area contributed by atoms with Gasteiger partial charge >= 0.3 is 0 Å². The number of aryl methyl sites for hydroxylation is 1. The smallest absolute Gasteiger partial charge is 0.278 e. The van der Waals surface area contributed by atoms with Gasteiger partial charge in [0.05, 0.1) is 10.2 Å². The molecule has 0 amide bonds. The standard InChI is InChI=1S/C11H16N2OSSi/c1-13-9-7-5-6-8-10(9)15-11(13)12-14-16(2,3)4/h5-8H,1-4H3. The van der Waals surface area contributed by atoms with Gasteiger partial charge in [0.25, 0.3) is 8.32 Å². The lowest BCUT2D eigenvalue weighted by molar-refractivity contribution is 0.315. The van der Waals surface area contributed by atoms with Crippen LogP contribution >= 0.6 is 11.3 Å². The molecule has 0 unspecified atom stereocenters. The maximum absolute atomic E-state index is 5.58. The lowest BCUT2D eigenvalue weighted by atomic mass is 10.3. The second kappa shape index (κ2) is 4.07. The molecule has 0 fully saturated rings. The van der Waals surface area contributed by atoms with Crippen LogP contribution in [0.15, 0.2) is 29.4 Å². The molecule has 0 atom stereocenters. The summed E-state index contributed by atoms with van der Waals surface area (Å²) < 4.78 is 8.89. The predicted octanol–water partition coefficient (Wildman–Crippen LogP) is 2.91. The minimum absolute atomic E-state index is 0.920. The highest BCUT2D eigenvalue weighted by molar-refractivity contribution is 7.16. The summed E-state index contributed by atoms with van der Waals surface area (Å²) in [5.41, 5.74) is 1.20. The Kier molecular flexibility index (Phi) is 2.90. The van der Waals surface area contributed by atoms with Crippen LogP contribution in [0.25, 0.3) is 10.2 Å². The highest BCUT2D eigenvalue weighted by atomic mass is 32.1. The van der Waals surface area contributed by atoms with Gasteiger partial charge in [0.1, 0.15) is 0 Å². The van der Waals surface area contributed by atoms with E-state index in [-0.39, 0.29) is 0 Å². The molecule has 0 bridgehead atoms. The maximum atomic E-state index is 5.58. The summed E-state index contributed by atoms with van der Waals surface area (Å²) in [5.74, 6) is 0. The van der Waals surface area contributed by atoms with E-state index < -0.39 is 8.32 Å². The minimum Gasteiger partial charge on any atom is -0.453 e. The van der Waals surface area contributed by atoms with E-state index in [1.54, 1.807) is 11.3 Å². The Morgan fingerprint density at radius 1 is 1.25 bits per heavy atom. The van der Waals surface area contributed by atoms with Crippen LogP contribution in [0, 0.1) is 0 Å². The van der Waals surface area contributed by atoms with Gasteiger partial charge in [-0.25, -0.2) is 0 Å². The highest BCUT2D eigenvalue weighted by Crippen LogP contribution is 2.15. The number of benzene rings is 1. The van der Waals surface area contributed by atoms with Crippen LogP contribution in [-0.2, 0) is 11.6 Å². The quantitative estimate of drug-likeness (QED) is 0.596. The van der Waals surface area contributed by atoms with Gasteiger partial charge in [-0.1, -0.05) is 28.6 Å². The molecular formula is C11H16N2OSSi. The number of nitrogens with zero attached hydrogens (tertiary/aromatic N) is 2. The molecule has 5 heteroatoms. The fourth-order valence-corrected chi connectivity index (χ4v) is 2.74. The summed E-state index contributed by atoms with van der Waals surface area (Å²) in [4.78, 5) is 0.920. The molecule has 3 nitrogen and oxygen atoms in total. The summed E-state index contributed by atoms with van der Waals surface area (Å²) >= 11 is 1.66. The molecule has 0 saturated heterocycles. The average Bonchev–Trinajstić information content (AvgIpc) is 2.53. The Balaban J connectivity index is 2.50. The van der Waals surface area contributed by atoms with Crippen LogP contribution in [0.2, 0.25) is 19.6 Å². The first-order valence-corrected chi connectivity index (χ1v) is 9.47. The first-order chi connectivity index (χ1) is 7.47. The van der Waals surface area contributed by atoms with Gasteiger partial charge in [-0.05, 0) is 31.8 Å². The van der Waals surface area contributed by atoms with E-state index in [9.17, 15) is 0 Å². The largest absolute Gasteiger partial charge is 0.453 e. The van der Waals surface area contributed by atoms with E-state index in [1.165, 1.54) is 10.2 Å². The Labute approximate surface area is 100 Å². The van der Waals surface area contributed by atoms with Crippen LogP contribution in [0.1, 0.15) is 0 Å². The van der Waals surface area contributed by atoms with Crippen molar-refractivity contribution in [2.75, 3.05) is 0 Å². The summed E-state index contributed by atoms with van der Waals surface area (Å²) in [7, 11) is 0.434. The third-order valence-corrected chi connectivity index (χ3v) is 3.85. The van der Waals surface area contributed by atoms with Crippen LogP contribution in [0.4, 0.5) is 0 Å². The summed E-state index contributed by atoms with van der Waals surface area (Å²) in [6, 6.07) is 8.28. The molecule has 1 aromatic carbocycles. The van der Waals surface area contributed by atoms with Crippen molar-refractivity contribution in [1.29, 1.82) is 0 Å². The van der Waals surface area contributed by atoms with E-state index >= 15 is 0 Å². The van der Waals surface area contributed by atoms with Crippen molar-refractivity contribution in [3.8, 4) is 0 Å². The maximum Gasteiger partial charge on any atom is 0.278 e. The number of hydrogen-bond acceptors (Lipinski definition) is 3. The van der Waals surface area contributed by atoms with Crippen LogP contribution in [-0.4, -0.2) is 12.9 Å². The Morgan fingerprint density at radius 3 is 2.56 bits per heavy atom. The van der Waals surface area contributed by atoms with E-state index in [0.717, 1.165) is 4.80 Å². The fourth-order valence-electron chi connectivity index (χ4n) is 1.35. The molecule has 0 saturated carbocycles. The zero-order chi connectivity index (χ0) is 11.8. The van der Waals surface area contributed by atoms with Crippen molar-refractivity contribution in [3.63, 3.8) is 0 Å². The number of hydrogen-bond donors (Lipinski definition) is 0. The second-order valence-electron chi connectivity index (χ2n) is 4.71. The van der Waals surface area contributed by atoms with Gasteiger partial charge in [-0.15, -0.1) is 0 Å². The van der Waals surface area contributed by atoms with Crippen molar-refractivity contribution in [2.24, 2.45) is 12.2 Å². The molecule has 0 N–H and O–H groups in total. The van der Waals surface area contributed by atoms with E-state index in [1.807, 2.05) is 19.2 Å². The lowest BCUT2D eigenvalue weighted by Gasteiger charge is -2.11. The summed E-state index contributed by atoms with van der Waals surface area (Å²) in [5, 5.41) is 4.26. The molecule has 0 aliphatic heterocycles. The van der Waals surface area contributed by atoms with Crippen molar-refractivity contribution in [3.05, 3.63) is 29.1 Å². The molecule has 1 aromatic heterocycles. The Hall–Kier alpha value is -1.07.